The minimum atomic E-state index is -1.01. The molecule has 0 saturated heterocycles. The lowest BCUT2D eigenvalue weighted by atomic mass is 9.90. The zero-order chi connectivity index (χ0) is 21.4. The number of hydrogen-bond acceptors (Lipinski definition) is 7. The first-order chi connectivity index (χ1) is 13.8. The molecule has 1 aromatic carbocycles. The number of ether oxygens (including phenoxy) is 1. The lowest BCUT2D eigenvalue weighted by Crippen LogP contribution is -2.50. The molecular formula is C20H25N5O3S. The average Bonchev–Trinajstić information content (AvgIpc) is 3.14. The Morgan fingerprint density at radius 1 is 1.31 bits per heavy atom. The van der Waals surface area contributed by atoms with Crippen LogP contribution >= 0.6 is 11.8 Å². The molecule has 0 radical (unpaired) electrons. The molecule has 0 spiro atoms. The third kappa shape index (κ3) is 5.81. The van der Waals surface area contributed by atoms with E-state index in [4.69, 9.17) is 4.74 Å². The second-order valence-electron chi connectivity index (χ2n) is 6.88. The van der Waals surface area contributed by atoms with Crippen molar-refractivity contribution >= 4 is 23.6 Å². The van der Waals surface area contributed by atoms with E-state index in [1.54, 1.807) is 6.92 Å². The van der Waals surface area contributed by atoms with Gasteiger partial charge in [0, 0.05) is 12.1 Å². The van der Waals surface area contributed by atoms with Crippen LogP contribution in [0.3, 0.4) is 0 Å². The molecule has 0 aliphatic heterocycles. The van der Waals surface area contributed by atoms with E-state index in [2.05, 4.69) is 21.6 Å². The molecule has 29 heavy (non-hydrogen) atoms. The number of carbonyl (C=O) groups is 2. The number of nitrogens with zero attached hydrogens (tertiary/aromatic N) is 4. The Hall–Kier alpha value is -2.86. The minimum Gasteiger partial charge on any atom is -0.455 e. The van der Waals surface area contributed by atoms with Crippen molar-refractivity contribution in [1.82, 2.24) is 20.1 Å². The van der Waals surface area contributed by atoms with Crippen LogP contribution in [0.25, 0.3) is 11.4 Å². The molecule has 1 amide bonds. The Labute approximate surface area is 174 Å². The predicted octanol–water partition coefficient (Wildman–Crippen LogP) is 2.65. The fourth-order valence-electron chi connectivity index (χ4n) is 2.42. The summed E-state index contributed by atoms with van der Waals surface area (Å²) >= 11 is 1.20. The van der Waals surface area contributed by atoms with E-state index in [9.17, 15) is 14.9 Å². The van der Waals surface area contributed by atoms with Crippen LogP contribution in [0.1, 0.15) is 27.7 Å². The summed E-state index contributed by atoms with van der Waals surface area (Å²) in [4.78, 5) is 24.0. The molecule has 0 fully saturated rings. The van der Waals surface area contributed by atoms with Gasteiger partial charge in [0.25, 0.3) is 5.91 Å². The number of nitriles is 1. The van der Waals surface area contributed by atoms with E-state index < -0.39 is 24.0 Å². The summed E-state index contributed by atoms with van der Waals surface area (Å²) in [5.74, 6) is -0.404. The van der Waals surface area contributed by atoms with Gasteiger partial charge in [-0.2, -0.15) is 5.26 Å². The van der Waals surface area contributed by atoms with E-state index in [1.165, 1.54) is 11.8 Å². The van der Waals surface area contributed by atoms with Gasteiger partial charge in [-0.15, -0.1) is 10.2 Å². The first-order valence-corrected chi connectivity index (χ1v) is 10.3. The Morgan fingerprint density at radius 2 is 2.00 bits per heavy atom. The summed E-state index contributed by atoms with van der Waals surface area (Å²) < 4.78 is 6.94. The second kappa shape index (κ2) is 10.1. The molecule has 9 heteroatoms. The minimum absolute atomic E-state index is 0.0000978. The van der Waals surface area contributed by atoms with E-state index in [-0.39, 0.29) is 11.7 Å². The first-order valence-electron chi connectivity index (χ1n) is 9.30. The van der Waals surface area contributed by atoms with Crippen LogP contribution in [0, 0.1) is 17.2 Å². The maximum Gasteiger partial charge on any atom is 0.316 e. The molecule has 8 nitrogen and oxygen atoms in total. The number of amides is 1. The van der Waals surface area contributed by atoms with Gasteiger partial charge in [0.15, 0.2) is 17.6 Å². The zero-order valence-corrected chi connectivity index (χ0v) is 17.8. The Morgan fingerprint density at radius 3 is 2.59 bits per heavy atom. The molecule has 1 N–H and O–H groups in total. The number of rotatable bonds is 9. The van der Waals surface area contributed by atoms with Crippen LogP contribution in [0.15, 0.2) is 35.5 Å². The van der Waals surface area contributed by atoms with Crippen molar-refractivity contribution in [2.45, 2.75) is 44.9 Å². The van der Waals surface area contributed by atoms with Crippen LogP contribution in [-0.4, -0.2) is 44.5 Å². The van der Waals surface area contributed by atoms with Gasteiger partial charge in [0.1, 0.15) is 5.54 Å². The highest BCUT2D eigenvalue weighted by molar-refractivity contribution is 7.99. The number of aromatic nitrogens is 3. The number of thioether (sulfide) groups is 1. The van der Waals surface area contributed by atoms with Gasteiger partial charge in [0.05, 0.1) is 11.8 Å². The van der Waals surface area contributed by atoms with Crippen LogP contribution in [0.4, 0.5) is 0 Å². The predicted molar refractivity (Wildman–Crippen MR) is 110 cm³/mol. The molecule has 154 valence electrons. The van der Waals surface area contributed by atoms with Gasteiger partial charge in [-0.05, 0) is 19.8 Å². The van der Waals surface area contributed by atoms with Crippen molar-refractivity contribution in [3.05, 3.63) is 30.3 Å². The fraction of sp³-hybridized carbons (Fsp3) is 0.450. The molecule has 2 rings (SSSR count). The molecule has 0 unspecified atom stereocenters. The lowest BCUT2D eigenvalue weighted by Gasteiger charge is -2.27. The van der Waals surface area contributed by atoms with Crippen LogP contribution in [0.2, 0.25) is 0 Å². The largest absolute Gasteiger partial charge is 0.455 e. The number of nitrogens with one attached hydrogen (secondary N) is 1. The van der Waals surface area contributed by atoms with Gasteiger partial charge < -0.3 is 14.6 Å². The highest BCUT2D eigenvalue weighted by Gasteiger charge is 2.30. The van der Waals surface area contributed by atoms with Crippen molar-refractivity contribution in [2.75, 3.05) is 12.4 Å². The summed E-state index contributed by atoms with van der Waals surface area (Å²) in [5, 5.41) is 20.8. The number of benzene rings is 1. The van der Waals surface area contributed by atoms with Gasteiger partial charge in [-0.25, -0.2) is 0 Å². The molecule has 1 atom stereocenters. The molecule has 0 aliphatic rings. The fourth-order valence-corrected chi connectivity index (χ4v) is 3.22. The smallest absolute Gasteiger partial charge is 0.316 e. The number of hydrogen-bond donors (Lipinski definition) is 1. The van der Waals surface area contributed by atoms with Gasteiger partial charge in [-0.3, -0.25) is 9.59 Å². The molecule has 0 aliphatic carbocycles. The monoisotopic (exact) mass is 415 g/mol. The standard InChI is InChI=1S/C20H25N5O3S/c1-5-25-18(15-9-7-6-8-10-15)23-24-19(25)29-12-17(27)28-11-16(26)22-20(4,13-21)14(2)3/h6-10,14H,5,11-12H2,1-4H3,(H,22,26)/t20-/m1/s1. The van der Waals surface area contributed by atoms with Crippen molar-refractivity contribution in [2.24, 2.45) is 5.92 Å². The summed E-state index contributed by atoms with van der Waals surface area (Å²) in [6.07, 6.45) is 0. The van der Waals surface area contributed by atoms with E-state index >= 15 is 0 Å². The maximum atomic E-state index is 12.0. The zero-order valence-electron chi connectivity index (χ0n) is 17.0. The van der Waals surface area contributed by atoms with Gasteiger partial charge >= 0.3 is 5.97 Å². The van der Waals surface area contributed by atoms with Crippen LogP contribution in [-0.2, 0) is 20.9 Å². The SMILES string of the molecule is CCn1c(SCC(=O)OCC(=O)N[C@](C)(C#N)C(C)C)nnc1-c1ccccc1. The van der Waals surface area contributed by atoms with Gasteiger partial charge in [0.2, 0.25) is 0 Å². The third-order valence-corrected chi connectivity index (χ3v) is 5.47. The highest BCUT2D eigenvalue weighted by atomic mass is 32.2. The van der Waals surface area contributed by atoms with Crippen LogP contribution < -0.4 is 5.32 Å². The maximum absolute atomic E-state index is 12.0. The third-order valence-electron chi connectivity index (χ3n) is 4.53. The molecule has 0 saturated carbocycles. The first kappa shape index (κ1) is 22.4. The van der Waals surface area contributed by atoms with Crippen molar-refractivity contribution in [1.29, 1.82) is 5.26 Å². The summed E-state index contributed by atoms with van der Waals surface area (Å²) in [6, 6.07) is 11.8. The number of esters is 1. The van der Waals surface area contributed by atoms with Gasteiger partial charge in [-0.1, -0.05) is 55.9 Å². The molecule has 2 aromatic rings. The average molecular weight is 416 g/mol. The lowest BCUT2D eigenvalue weighted by molar-refractivity contribution is -0.146. The molecule has 1 heterocycles. The van der Waals surface area contributed by atoms with Crippen molar-refractivity contribution < 1.29 is 14.3 Å². The quantitative estimate of drug-likeness (QED) is 0.495. The second-order valence-corrected chi connectivity index (χ2v) is 7.83. The van der Waals surface area contributed by atoms with Crippen LogP contribution in [0.5, 0.6) is 0 Å². The van der Waals surface area contributed by atoms with Crippen molar-refractivity contribution in [3.63, 3.8) is 0 Å². The Balaban J connectivity index is 1.89. The summed E-state index contributed by atoms with van der Waals surface area (Å²) in [5.41, 5.74) is -0.0671. The topological polar surface area (TPSA) is 110 Å². The number of carbonyl (C=O) groups excluding carboxylic acids is 2. The summed E-state index contributed by atoms with van der Waals surface area (Å²) in [7, 11) is 0. The van der Waals surface area contributed by atoms with Crippen molar-refractivity contribution in [3.8, 4) is 17.5 Å². The Kier molecular flexibility index (Phi) is 7.79. The highest BCUT2D eigenvalue weighted by Crippen LogP contribution is 2.23. The molecule has 0 bridgehead atoms. The molecular weight excluding hydrogens is 390 g/mol. The summed E-state index contributed by atoms with van der Waals surface area (Å²) in [6.45, 7) is 7.50. The Bertz CT molecular complexity index is 891. The van der Waals surface area contributed by atoms with E-state index in [0.29, 0.717) is 11.7 Å². The van der Waals surface area contributed by atoms with E-state index in [0.717, 1.165) is 11.4 Å². The molecule has 1 aromatic heterocycles. The van der Waals surface area contributed by atoms with E-state index in [1.807, 2.05) is 55.7 Å². The normalized spacial score (nSPS) is 12.8.